The van der Waals surface area contributed by atoms with Crippen LogP contribution >= 0.6 is 0 Å². The molecule has 3 fully saturated rings. The van der Waals surface area contributed by atoms with Crippen LogP contribution in [0.1, 0.15) is 25.7 Å². The van der Waals surface area contributed by atoms with Crippen LogP contribution in [0, 0.1) is 5.92 Å². The molecule has 2 atom stereocenters. The number of fused-ring (bicyclic) bond motifs is 1. The number of carbonyl (C=O) groups excluding carboxylic acids is 1. The second kappa shape index (κ2) is 5.55. The number of hydrogen-bond acceptors (Lipinski definition) is 4. The maximum atomic E-state index is 11.7. The Morgan fingerprint density at radius 2 is 2.11 bits per heavy atom. The van der Waals surface area contributed by atoms with E-state index < -0.39 is 0 Å². The van der Waals surface area contributed by atoms with Crippen molar-refractivity contribution in [3.8, 4) is 0 Å². The predicted molar refractivity (Wildman–Crippen MR) is 66.0 cm³/mol. The quantitative estimate of drug-likeness (QED) is 0.789. The van der Waals surface area contributed by atoms with E-state index in [2.05, 4.69) is 10.2 Å². The fourth-order valence-electron chi connectivity index (χ4n) is 3.29. The van der Waals surface area contributed by atoms with Crippen molar-refractivity contribution < 1.29 is 14.3 Å². The van der Waals surface area contributed by atoms with Gasteiger partial charge < -0.3 is 14.8 Å². The van der Waals surface area contributed by atoms with E-state index in [-0.39, 0.29) is 18.1 Å². The van der Waals surface area contributed by atoms with Gasteiger partial charge in [-0.25, -0.2) is 0 Å². The number of hydrogen-bond donors (Lipinski definition) is 1. The highest BCUT2D eigenvalue weighted by Gasteiger charge is 2.40. The summed E-state index contributed by atoms with van der Waals surface area (Å²) in [6.07, 6.45) is 4.05. The number of amides is 1. The summed E-state index contributed by atoms with van der Waals surface area (Å²) >= 11 is 0. The van der Waals surface area contributed by atoms with E-state index >= 15 is 0 Å². The number of nitrogens with zero attached hydrogens (tertiary/aromatic N) is 1. The van der Waals surface area contributed by atoms with Gasteiger partial charge in [0.2, 0.25) is 5.91 Å². The van der Waals surface area contributed by atoms with E-state index in [1.54, 1.807) is 0 Å². The SMILES string of the molecule is O=C1NCC2C1CCCN2CCC1OCCCO1. The normalized spacial score (nSPS) is 34.3. The number of rotatable bonds is 3. The van der Waals surface area contributed by atoms with Gasteiger partial charge >= 0.3 is 0 Å². The first-order chi connectivity index (χ1) is 8.84. The smallest absolute Gasteiger partial charge is 0.224 e. The Morgan fingerprint density at radius 3 is 2.94 bits per heavy atom. The molecule has 3 rings (SSSR count). The van der Waals surface area contributed by atoms with Crippen molar-refractivity contribution in [1.29, 1.82) is 0 Å². The zero-order valence-electron chi connectivity index (χ0n) is 10.8. The first kappa shape index (κ1) is 12.4. The maximum absolute atomic E-state index is 11.7. The van der Waals surface area contributed by atoms with Crippen molar-refractivity contribution in [3.05, 3.63) is 0 Å². The molecule has 3 heterocycles. The summed E-state index contributed by atoms with van der Waals surface area (Å²) in [7, 11) is 0. The van der Waals surface area contributed by atoms with Crippen molar-refractivity contribution in [2.75, 3.05) is 32.8 Å². The third-order valence-electron chi connectivity index (χ3n) is 4.26. The van der Waals surface area contributed by atoms with E-state index in [9.17, 15) is 4.79 Å². The molecule has 3 saturated heterocycles. The van der Waals surface area contributed by atoms with Gasteiger partial charge in [-0.15, -0.1) is 0 Å². The fraction of sp³-hybridized carbons (Fsp3) is 0.923. The van der Waals surface area contributed by atoms with Crippen molar-refractivity contribution >= 4 is 5.91 Å². The van der Waals surface area contributed by atoms with Crippen LogP contribution in [0.2, 0.25) is 0 Å². The van der Waals surface area contributed by atoms with Crippen LogP contribution < -0.4 is 5.32 Å². The molecule has 2 unspecified atom stereocenters. The van der Waals surface area contributed by atoms with Gasteiger partial charge in [-0.1, -0.05) is 0 Å². The number of carbonyl (C=O) groups is 1. The largest absolute Gasteiger partial charge is 0.354 e. The van der Waals surface area contributed by atoms with E-state index in [0.717, 1.165) is 58.5 Å². The molecular weight excluding hydrogens is 232 g/mol. The molecular formula is C13H22N2O3. The van der Waals surface area contributed by atoms with Gasteiger partial charge in [0.15, 0.2) is 6.29 Å². The first-order valence-electron chi connectivity index (χ1n) is 7.09. The molecule has 0 aromatic heterocycles. The summed E-state index contributed by atoms with van der Waals surface area (Å²) in [4.78, 5) is 14.1. The molecule has 0 aliphatic carbocycles. The van der Waals surface area contributed by atoms with Crippen LogP contribution in [0.25, 0.3) is 0 Å². The van der Waals surface area contributed by atoms with E-state index in [1.807, 2.05) is 0 Å². The molecule has 3 aliphatic rings. The molecule has 3 aliphatic heterocycles. The molecule has 1 amide bonds. The Bertz CT molecular complexity index is 305. The number of likely N-dealkylation sites (tertiary alicyclic amines) is 1. The van der Waals surface area contributed by atoms with Crippen LogP contribution in [-0.4, -0.2) is 56.0 Å². The standard InChI is InChI=1S/C13H22N2O3/c16-13-10-3-1-5-15(11(10)9-14-13)6-4-12-17-7-2-8-18-12/h10-12H,1-9H2,(H,14,16). The van der Waals surface area contributed by atoms with Gasteiger partial charge in [0, 0.05) is 25.6 Å². The second-order valence-corrected chi connectivity index (χ2v) is 5.41. The predicted octanol–water partition coefficient (Wildman–Crippen LogP) is 0.350. The molecule has 0 spiro atoms. The molecule has 0 bridgehead atoms. The highest BCUT2D eigenvalue weighted by molar-refractivity contribution is 5.82. The topological polar surface area (TPSA) is 50.8 Å². The van der Waals surface area contributed by atoms with Crippen molar-refractivity contribution in [2.24, 2.45) is 5.92 Å². The zero-order chi connectivity index (χ0) is 12.4. The summed E-state index contributed by atoms with van der Waals surface area (Å²) in [5, 5.41) is 2.99. The van der Waals surface area contributed by atoms with Crippen molar-refractivity contribution in [2.45, 2.75) is 38.0 Å². The average Bonchev–Trinajstić information content (AvgIpc) is 2.80. The summed E-state index contributed by atoms with van der Waals surface area (Å²) < 4.78 is 11.1. The second-order valence-electron chi connectivity index (χ2n) is 5.41. The lowest BCUT2D eigenvalue weighted by molar-refractivity contribution is -0.183. The van der Waals surface area contributed by atoms with Gasteiger partial charge in [-0.2, -0.15) is 0 Å². The Labute approximate surface area is 108 Å². The van der Waals surface area contributed by atoms with Crippen molar-refractivity contribution in [1.82, 2.24) is 10.2 Å². The fourth-order valence-corrected chi connectivity index (χ4v) is 3.29. The van der Waals surface area contributed by atoms with Crippen LogP contribution in [0.4, 0.5) is 0 Å². The molecule has 0 radical (unpaired) electrons. The van der Waals surface area contributed by atoms with E-state index in [4.69, 9.17) is 9.47 Å². The van der Waals surface area contributed by atoms with Crippen LogP contribution in [0.3, 0.4) is 0 Å². The molecule has 102 valence electrons. The van der Waals surface area contributed by atoms with Crippen LogP contribution in [-0.2, 0) is 14.3 Å². The molecule has 18 heavy (non-hydrogen) atoms. The third kappa shape index (κ3) is 2.53. The summed E-state index contributed by atoms with van der Waals surface area (Å²) in [5.74, 6) is 0.460. The number of ether oxygens (including phenoxy) is 2. The Morgan fingerprint density at radius 1 is 1.28 bits per heavy atom. The van der Waals surface area contributed by atoms with Crippen LogP contribution in [0.15, 0.2) is 0 Å². The summed E-state index contributed by atoms with van der Waals surface area (Å²) in [6, 6.07) is 0.398. The van der Waals surface area contributed by atoms with E-state index in [0.29, 0.717) is 6.04 Å². The first-order valence-corrected chi connectivity index (χ1v) is 7.09. The summed E-state index contributed by atoms with van der Waals surface area (Å²) in [6.45, 7) is 4.52. The van der Waals surface area contributed by atoms with Gasteiger partial charge in [0.1, 0.15) is 0 Å². The molecule has 1 N–H and O–H groups in total. The molecule has 5 heteroatoms. The van der Waals surface area contributed by atoms with Crippen LogP contribution in [0.5, 0.6) is 0 Å². The lowest BCUT2D eigenvalue weighted by atomic mass is 9.91. The highest BCUT2D eigenvalue weighted by atomic mass is 16.7. The highest BCUT2D eigenvalue weighted by Crippen LogP contribution is 2.27. The third-order valence-corrected chi connectivity index (χ3v) is 4.26. The van der Waals surface area contributed by atoms with Gasteiger partial charge in [-0.05, 0) is 25.8 Å². The average molecular weight is 254 g/mol. The molecule has 0 saturated carbocycles. The van der Waals surface area contributed by atoms with Gasteiger partial charge in [0.05, 0.1) is 19.1 Å². The lowest BCUT2D eigenvalue weighted by Crippen LogP contribution is -2.46. The molecule has 5 nitrogen and oxygen atoms in total. The number of piperidine rings is 1. The molecule has 0 aromatic rings. The Kier molecular flexibility index (Phi) is 3.82. The monoisotopic (exact) mass is 254 g/mol. The minimum atomic E-state index is -0.0378. The minimum Gasteiger partial charge on any atom is -0.354 e. The number of nitrogens with one attached hydrogen (secondary N) is 1. The van der Waals surface area contributed by atoms with Crippen molar-refractivity contribution in [3.63, 3.8) is 0 Å². The zero-order valence-corrected chi connectivity index (χ0v) is 10.8. The lowest BCUT2D eigenvalue weighted by Gasteiger charge is -2.36. The molecule has 0 aromatic carbocycles. The Balaban J connectivity index is 1.50. The minimum absolute atomic E-state index is 0.0378. The Hall–Kier alpha value is -0.650. The maximum Gasteiger partial charge on any atom is 0.224 e. The van der Waals surface area contributed by atoms with Gasteiger partial charge in [-0.3, -0.25) is 9.69 Å². The van der Waals surface area contributed by atoms with E-state index in [1.165, 1.54) is 0 Å². The van der Waals surface area contributed by atoms with Gasteiger partial charge in [0.25, 0.3) is 0 Å². The summed E-state index contributed by atoms with van der Waals surface area (Å²) in [5.41, 5.74) is 0.